The van der Waals surface area contributed by atoms with Crippen molar-refractivity contribution >= 4 is 57.8 Å². The summed E-state index contributed by atoms with van der Waals surface area (Å²) in [5.74, 6) is -4.29. The third kappa shape index (κ3) is 9.98. The minimum atomic E-state index is -1.49. The molecule has 3 rings (SSSR count). The van der Waals surface area contributed by atoms with Gasteiger partial charge < -0.3 is 49.5 Å². The van der Waals surface area contributed by atoms with Crippen LogP contribution in [0.25, 0.3) is 0 Å². The number of rotatable bonds is 13. The molecule has 0 unspecified atom stereocenters. The molecule has 1 saturated heterocycles. The number of anilines is 2. The lowest BCUT2D eigenvalue weighted by Gasteiger charge is -2.45. The van der Waals surface area contributed by atoms with Gasteiger partial charge in [0.15, 0.2) is 29.7 Å². The number of esters is 4. The van der Waals surface area contributed by atoms with E-state index in [0.29, 0.717) is 19.5 Å². The van der Waals surface area contributed by atoms with E-state index in [1.807, 2.05) is 19.0 Å². The molecule has 0 saturated carbocycles. The highest BCUT2D eigenvalue weighted by molar-refractivity contribution is 7.13. The summed E-state index contributed by atoms with van der Waals surface area (Å²) < 4.78 is 29.2. The van der Waals surface area contributed by atoms with Crippen molar-refractivity contribution in [2.45, 2.75) is 64.8 Å². The van der Waals surface area contributed by atoms with Crippen molar-refractivity contribution < 1.29 is 52.5 Å². The molecule has 18 heteroatoms. The lowest BCUT2D eigenvalue weighted by atomic mass is 9.97. The van der Waals surface area contributed by atoms with E-state index >= 15 is 0 Å². The molecule has 1 aliphatic rings. The summed E-state index contributed by atoms with van der Waals surface area (Å²) in [7, 11) is 3.78. The Morgan fingerprint density at radius 2 is 1.59 bits per heavy atom. The van der Waals surface area contributed by atoms with E-state index in [2.05, 4.69) is 15.6 Å². The van der Waals surface area contributed by atoms with Crippen molar-refractivity contribution in [1.82, 2.24) is 19.8 Å². The summed E-state index contributed by atoms with van der Waals surface area (Å²) in [6.07, 6.45) is -5.08. The van der Waals surface area contributed by atoms with Crippen molar-refractivity contribution in [2.75, 3.05) is 44.8 Å². The third-order valence-corrected chi connectivity index (χ3v) is 7.08. The fourth-order valence-corrected chi connectivity index (χ4v) is 5.19. The monoisotopic (exact) mass is 666 g/mol. The van der Waals surface area contributed by atoms with Crippen LogP contribution < -0.4 is 16.4 Å². The molecule has 0 aliphatic carbocycles. The van der Waals surface area contributed by atoms with Gasteiger partial charge in [-0.15, -0.1) is 11.3 Å². The van der Waals surface area contributed by atoms with Gasteiger partial charge in [0.25, 0.3) is 11.8 Å². The quantitative estimate of drug-likeness (QED) is 0.152. The molecular weight excluding hydrogens is 628 g/mol. The maximum Gasteiger partial charge on any atom is 0.303 e. The summed E-state index contributed by atoms with van der Waals surface area (Å²) in [6.45, 7) is 4.99. The van der Waals surface area contributed by atoms with E-state index in [1.165, 1.54) is 22.2 Å². The Morgan fingerprint density at radius 1 is 0.957 bits per heavy atom. The summed E-state index contributed by atoms with van der Waals surface area (Å²) in [4.78, 5) is 80.8. The number of amides is 2. The zero-order valence-corrected chi connectivity index (χ0v) is 27.1. The SMILES string of the molecule is CC(=O)OC[C@H]1O[C@H](n2cc(NC(=O)c3csc(N)n3)cc2C(=O)NCCCN(C)C)[C@H](OC(C)=O)[C@H](OC(C)=O)[C@@H]1OC(C)=O. The van der Waals surface area contributed by atoms with Crippen LogP contribution >= 0.6 is 11.3 Å². The molecule has 0 aromatic carbocycles. The number of aromatic nitrogens is 2. The summed E-state index contributed by atoms with van der Waals surface area (Å²) >= 11 is 1.07. The standard InChI is InChI=1S/C28H38N6O11S/c1-14(35)41-12-21-22(42-15(2)36)23(43-16(3)37)24(44-17(4)38)27(45-21)34-11-18(31-25(39)19-13-46-28(29)32-19)10-20(34)26(40)30-8-7-9-33(5)6/h10-11,13,21-24,27H,7-9,12H2,1-6H3,(H2,29,32)(H,30,40)(H,31,39)/t21-,22-,23-,24-,27+/m1/s1. The van der Waals surface area contributed by atoms with Gasteiger partial charge in [-0.1, -0.05) is 0 Å². The summed E-state index contributed by atoms with van der Waals surface area (Å²) in [5, 5.41) is 7.09. The van der Waals surface area contributed by atoms with Gasteiger partial charge in [0.1, 0.15) is 24.1 Å². The van der Waals surface area contributed by atoms with E-state index in [0.717, 1.165) is 39.0 Å². The molecule has 0 radical (unpaired) electrons. The van der Waals surface area contributed by atoms with Crippen molar-refractivity contribution in [1.29, 1.82) is 0 Å². The maximum absolute atomic E-state index is 13.5. The Kier molecular flexibility index (Phi) is 12.6. The molecule has 5 atom stereocenters. The van der Waals surface area contributed by atoms with Crippen LogP contribution in [0.4, 0.5) is 10.8 Å². The number of carbonyl (C=O) groups is 6. The second kappa shape index (κ2) is 16.1. The Morgan fingerprint density at radius 3 is 2.15 bits per heavy atom. The van der Waals surface area contributed by atoms with Gasteiger partial charge in [0, 0.05) is 45.8 Å². The number of thiazole rings is 1. The molecule has 2 amide bonds. The van der Waals surface area contributed by atoms with Gasteiger partial charge in [0.2, 0.25) is 0 Å². The average molecular weight is 667 g/mol. The van der Waals surface area contributed by atoms with Gasteiger partial charge in [-0.3, -0.25) is 28.8 Å². The molecule has 2 aromatic rings. The Bertz CT molecular complexity index is 1440. The first-order valence-corrected chi connectivity index (χ1v) is 15.0. The highest BCUT2D eigenvalue weighted by Crippen LogP contribution is 2.36. The summed E-state index contributed by atoms with van der Waals surface area (Å²) in [5.41, 5.74) is 5.79. The molecule has 0 bridgehead atoms. The first-order chi connectivity index (χ1) is 21.7. The molecule has 46 heavy (non-hydrogen) atoms. The fourth-order valence-electron chi connectivity index (χ4n) is 4.64. The summed E-state index contributed by atoms with van der Waals surface area (Å²) in [6, 6.07) is 1.36. The predicted molar refractivity (Wildman–Crippen MR) is 162 cm³/mol. The topological polar surface area (TPSA) is 220 Å². The minimum Gasteiger partial charge on any atom is -0.463 e. The first kappa shape index (κ1) is 35.9. The lowest BCUT2D eigenvalue weighted by molar-refractivity contribution is -0.268. The van der Waals surface area contributed by atoms with Crippen molar-refractivity contribution in [2.24, 2.45) is 0 Å². The zero-order chi connectivity index (χ0) is 34.1. The average Bonchev–Trinajstić information content (AvgIpc) is 3.57. The molecule has 1 fully saturated rings. The van der Waals surface area contributed by atoms with Crippen molar-refractivity contribution in [3.63, 3.8) is 0 Å². The van der Waals surface area contributed by atoms with Gasteiger partial charge in [-0.05, 0) is 33.1 Å². The number of nitrogens with zero attached hydrogens (tertiary/aromatic N) is 3. The highest BCUT2D eigenvalue weighted by atomic mass is 32.1. The fraction of sp³-hybridized carbons (Fsp3) is 0.536. The van der Waals surface area contributed by atoms with Gasteiger partial charge in [0.05, 0.1) is 5.69 Å². The van der Waals surface area contributed by atoms with Crippen LogP contribution in [0.5, 0.6) is 0 Å². The minimum absolute atomic E-state index is 0.0391. The van der Waals surface area contributed by atoms with E-state index < -0.39 is 72.9 Å². The van der Waals surface area contributed by atoms with Crippen LogP contribution in [0.3, 0.4) is 0 Å². The van der Waals surface area contributed by atoms with Crippen molar-refractivity contribution in [3.8, 4) is 0 Å². The molecule has 1 aliphatic heterocycles. The second-order valence-corrected chi connectivity index (χ2v) is 11.4. The van der Waals surface area contributed by atoms with Crippen LogP contribution in [0.1, 0.15) is 61.3 Å². The van der Waals surface area contributed by atoms with Crippen LogP contribution in [0, 0.1) is 0 Å². The number of hydrogen-bond acceptors (Lipinski definition) is 15. The second-order valence-electron chi connectivity index (χ2n) is 10.5. The van der Waals surface area contributed by atoms with Gasteiger partial charge >= 0.3 is 23.9 Å². The van der Waals surface area contributed by atoms with E-state index in [4.69, 9.17) is 29.4 Å². The largest absolute Gasteiger partial charge is 0.463 e. The smallest absolute Gasteiger partial charge is 0.303 e. The number of ether oxygens (including phenoxy) is 5. The number of hydrogen-bond donors (Lipinski definition) is 3. The van der Waals surface area contributed by atoms with Gasteiger partial charge in [-0.25, -0.2) is 4.98 Å². The number of nitrogens with one attached hydrogen (secondary N) is 2. The van der Waals surface area contributed by atoms with Crippen LogP contribution in [0.15, 0.2) is 17.6 Å². The molecule has 17 nitrogen and oxygen atoms in total. The third-order valence-electron chi connectivity index (χ3n) is 6.40. The van der Waals surface area contributed by atoms with E-state index in [9.17, 15) is 28.8 Å². The Hall–Kier alpha value is -4.55. The number of nitrogens with two attached hydrogens (primary N) is 1. The highest BCUT2D eigenvalue weighted by Gasteiger charge is 2.53. The molecular formula is C28H38N6O11S. The Balaban J connectivity index is 2.12. The van der Waals surface area contributed by atoms with Crippen LogP contribution in [-0.4, -0.2) is 108 Å². The van der Waals surface area contributed by atoms with Crippen LogP contribution in [-0.2, 0) is 42.9 Å². The van der Waals surface area contributed by atoms with E-state index in [-0.39, 0.29) is 22.2 Å². The number of carbonyl (C=O) groups excluding carboxylic acids is 6. The molecule has 4 N–H and O–H groups in total. The first-order valence-electron chi connectivity index (χ1n) is 14.1. The molecule has 252 valence electrons. The molecule has 3 heterocycles. The van der Waals surface area contributed by atoms with Gasteiger partial charge in [-0.2, -0.15) is 0 Å². The maximum atomic E-state index is 13.5. The Labute approximate surface area is 268 Å². The zero-order valence-electron chi connectivity index (χ0n) is 26.3. The predicted octanol–water partition coefficient (Wildman–Crippen LogP) is 0.716. The molecule has 2 aromatic heterocycles. The molecule has 0 spiro atoms. The normalized spacial score (nSPS) is 20.8. The lowest BCUT2D eigenvalue weighted by Crippen LogP contribution is -2.60. The van der Waals surface area contributed by atoms with Crippen molar-refractivity contribution in [3.05, 3.63) is 29.0 Å². The number of nitrogen functional groups attached to an aromatic ring is 1. The van der Waals surface area contributed by atoms with E-state index in [1.54, 1.807) is 0 Å². The van der Waals surface area contributed by atoms with Crippen LogP contribution in [0.2, 0.25) is 0 Å².